The second kappa shape index (κ2) is 5.35. The van der Waals surface area contributed by atoms with Crippen LogP contribution >= 0.6 is 11.6 Å². The molecule has 0 aliphatic carbocycles. The predicted molar refractivity (Wildman–Crippen MR) is 35.4 cm³/mol. The molecule has 0 aromatic rings. The highest BCUT2D eigenvalue weighted by Gasteiger charge is 1.99. The van der Waals surface area contributed by atoms with Crippen molar-refractivity contribution in [1.29, 1.82) is 0 Å². The van der Waals surface area contributed by atoms with E-state index in [0.29, 0.717) is 18.5 Å². The van der Waals surface area contributed by atoms with E-state index in [4.69, 9.17) is 16.3 Å². The summed E-state index contributed by atoms with van der Waals surface area (Å²) in [5, 5.41) is 3.00. The average molecular weight is 138 g/mol. The Morgan fingerprint density at radius 3 is 2.50 bits per heavy atom. The summed E-state index contributed by atoms with van der Waals surface area (Å²) in [5.41, 5.74) is 0. The third-order valence-corrected chi connectivity index (χ3v) is 1.33. The number of likely N-dealkylation sites (N-methyl/N-ethyl adjacent to an activating group) is 1. The summed E-state index contributed by atoms with van der Waals surface area (Å²) in [4.78, 5) is 0. The summed E-state index contributed by atoms with van der Waals surface area (Å²) in [5.74, 6) is 0.602. The van der Waals surface area contributed by atoms with Gasteiger partial charge in [-0.25, -0.2) is 0 Å². The minimum Gasteiger partial charge on any atom is -0.383 e. The summed E-state index contributed by atoms with van der Waals surface area (Å²) in [6.45, 7) is 0.681. The largest absolute Gasteiger partial charge is 0.383 e. The Morgan fingerprint density at radius 2 is 2.38 bits per heavy atom. The van der Waals surface area contributed by atoms with Crippen LogP contribution < -0.4 is 5.32 Å². The topological polar surface area (TPSA) is 21.3 Å². The first kappa shape index (κ1) is 8.21. The van der Waals surface area contributed by atoms with Crippen molar-refractivity contribution >= 4 is 11.6 Å². The van der Waals surface area contributed by atoms with E-state index < -0.39 is 0 Å². The first-order valence-electron chi connectivity index (χ1n) is 2.57. The van der Waals surface area contributed by atoms with Gasteiger partial charge in [0.05, 0.1) is 6.61 Å². The second-order valence-corrected chi connectivity index (χ2v) is 1.90. The van der Waals surface area contributed by atoms with Crippen LogP contribution in [-0.2, 0) is 4.74 Å². The van der Waals surface area contributed by atoms with E-state index in [2.05, 4.69) is 5.32 Å². The summed E-state index contributed by atoms with van der Waals surface area (Å²) in [6.07, 6.45) is 0. The molecule has 0 radical (unpaired) electrons. The Hall–Kier alpha value is 0.210. The monoisotopic (exact) mass is 137 g/mol. The van der Waals surface area contributed by atoms with Crippen molar-refractivity contribution in [3.63, 3.8) is 0 Å². The Balaban J connectivity index is 3.07. The zero-order valence-electron chi connectivity index (χ0n) is 5.28. The fraction of sp³-hybridized carbons (Fsp3) is 1.00. The predicted octanol–water partition coefficient (Wildman–Crippen LogP) is 0.460. The summed E-state index contributed by atoms with van der Waals surface area (Å²) < 4.78 is 4.84. The van der Waals surface area contributed by atoms with Crippen molar-refractivity contribution in [3.8, 4) is 0 Å². The van der Waals surface area contributed by atoms with E-state index in [1.165, 1.54) is 0 Å². The first-order valence-corrected chi connectivity index (χ1v) is 3.10. The molecule has 0 fully saturated rings. The van der Waals surface area contributed by atoms with Crippen LogP contribution in [0.15, 0.2) is 0 Å². The maximum absolute atomic E-state index is 5.50. The Bertz CT molecular complexity index is 47.7. The third kappa shape index (κ3) is 3.24. The molecule has 8 heavy (non-hydrogen) atoms. The summed E-state index contributed by atoms with van der Waals surface area (Å²) in [6, 6.07) is 0.293. The maximum atomic E-state index is 5.50. The van der Waals surface area contributed by atoms with Crippen LogP contribution in [0.5, 0.6) is 0 Å². The number of rotatable bonds is 4. The molecule has 0 spiro atoms. The molecule has 1 N–H and O–H groups in total. The van der Waals surface area contributed by atoms with Gasteiger partial charge in [-0.2, -0.15) is 0 Å². The third-order valence-electron chi connectivity index (χ3n) is 0.962. The lowest BCUT2D eigenvalue weighted by Crippen LogP contribution is -2.31. The van der Waals surface area contributed by atoms with Crippen LogP contribution in [0.1, 0.15) is 0 Å². The van der Waals surface area contributed by atoms with Crippen molar-refractivity contribution in [3.05, 3.63) is 0 Å². The standard InChI is InChI=1S/C5H12ClNO/c1-7-5(3-6)4-8-2/h5,7H,3-4H2,1-2H3. The van der Waals surface area contributed by atoms with Gasteiger partial charge in [-0.1, -0.05) is 0 Å². The number of halogens is 1. The van der Waals surface area contributed by atoms with Gasteiger partial charge in [0.15, 0.2) is 0 Å². The highest BCUT2D eigenvalue weighted by Crippen LogP contribution is 1.86. The van der Waals surface area contributed by atoms with Crippen LogP contribution in [-0.4, -0.2) is 32.7 Å². The molecule has 1 atom stereocenters. The van der Waals surface area contributed by atoms with Crippen molar-refractivity contribution in [2.45, 2.75) is 6.04 Å². The molecule has 0 aromatic heterocycles. The molecular weight excluding hydrogens is 126 g/mol. The molecule has 0 heterocycles. The summed E-state index contributed by atoms with van der Waals surface area (Å²) >= 11 is 5.50. The lowest BCUT2D eigenvalue weighted by molar-refractivity contribution is 0.176. The lowest BCUT2D eigenvalue weighted by atomic mass is 10.4. The molecule has 50 valence electrons. The smallest absolute Gasteiger partial charge is 0.0627 e. The number of ether oxygens (including phenoxy) is 1. The van der Waals surface area contributed by atoms with Gasteiger partial charge in [0.2, 0.25) is 0 Å². The summed E-state index contributed by atoms with van der Waals surface area (Å²) in [7, 11) is 3.53. The van der Waals surface area contributed by atoms with Gasteiger partial charge in [0.25, 0.3) is 0 Å². The normalized spacial score (nSPS) is 13.9. The number of hydrogen-bond acceptors (Lipinski definition) is 2. The van der Waals surface area contributed by atoms with E-state index in [-0.39, 0.29) is 0 Å². The van der Waals surface area contributed by atoms with Gasteiger partial charge in [-0.05, 0) is 7.05 Å². The van der Waals surface area contributed by atoms with Gasteiger partial charge in [-0.15, -0.1) is 11.6 Å². The quantitative estimate of drug-likeness (QED) is 0.569. The highest BCUT2D eigenvalue weighted by molar-refractivity contribution is 6.18. The van der Waals surface area contributed by atoms with Crippen LogP contribution in [0.25, 0.3) is 0 Å². The van der Waals surface area contributed by atoms with Gasteiger partial charge >= 0.3 is 0 Å². The van der Waals surface area contributed by atoms with E-state index in [0.717, 1.165) is 0 Å². The lowest BCUT2D eigenvalue weighted by Gasteiger charge is -2.09. The molecule has 0 aliphatic rings. The maximum Gasteiger partial charge on any atom is 0.0627 e. The van der Waals surface area contributed by atoms with E-state index in [9.17, 15) is 0 Å². The van der Waals surface area contributed by atoms with E-state index in [1.807, 2.05) is 7.05 Å². The fourth-order valence-corrected chi connectivity index (χ4v) is 0.650. The van der Waals surface area contributed by atoms with Gasteiger partial charge in [0, 0.05) is 19.0 Å². The van der Waals surface area contributed by atoms with E-state index >= 15 is 0 Å². The Labute approximate surface area is 55.2 Å². The molecule has 0 aromatic carbocycles. The van der Waals surface area contributed by atoms with Crippen LogP contribution in [0.2, 0.25) is 0 Å². The molecule has 0 saturated carbocycles. The molecule has 0 bridgehead atoms. The molecular formula is C5H12ClNO. The number of alkyl halides is 1. The highest BCUT2D eigenvalue weighted by atomic mass is 35.5. The minimum atomic E-state index is 0.293. The van der Waals surface area contributed by atoms with Gasteiger partial charge < -0.3 is 10.1 Å². The first-order chi connectivity index (χ1) is 3.85. The SMILES string of the molecule is CNC(CCl)COC. The molecule has 0 amide bonds. The fourth-order valence-electron chi connectivity index (χ4n) is 0.406. The van der Waals surface area contributed by atoms with Crippen molar-refractivity contribution in [2.24, 2.45) is 0 Å². The molecule has 0 saturated heterocycles. The Morgan fingerprint density at radius 1 is 1.75 bits per heavy atom. The second-order valence-electron chi connectivity index (χ2n) is 1.60. The molecule has 3 heteroatoms. The van der Waals surface area contributed by atoms with Crippen molar-refractivity contribution in [2.75, 3.05) is 26.6 Å². The van der Waals surface area contributed by atoms with Crippen LogP contribution in [0.3, 0.4) is 0 Å². The van der Waals surface area contributed by atoms with Crippen LogP contribution in [0, 0.1) is 0 Å². The Kier molecular flexibility index (Phi) is 5.49. The van der Waals surface area contributed by atoms with Gasteiger partial charge in [-0.3, -0.25) is 0 Å². The van der Waals surface area contributed by atoms with Crippen molar-refractivity contribution in [1.82, 2.24) is 5.32 Å². The molecule has 0 rings (SSSR count). The number of nitrogens with one attached hydrogen (secondary N) is 1. The average Bonchev–Trinajstić information content (AvgIpc) is 1.83. The van der Waals surface area contributed by atoms with Crippen LogP contribution in [0.4, 0.5) is 0 Å². The van der Waals surface area contributed by atoms with E-state index in [1.54, 1.807) is 7.11 Å². The van der Waals surface area contributed by atoms with Crippen molar-refractivity contribution < 1.29 is 4.74 Å². The molecule has 2 nitrogen and oxygen atoms in total. The zero-order chi connectivity index (χ0) is 6.41. The number of methoxy groups -OCH3 is 1. The molecule has 0 aliphatic heterocycles. The van der Waals surface area contributed by atoms with Gasteiger partial charge in [0.1, 0.15) is 0 Å². The zero-order valence-corrected chi connectivity index (χ0v) is 6.03. The molecule has 1 unspecified atom stereocenters. The number of hydrogen-bond donors (Lipinski definition) is 1. The minimum absolute atomic E-state index is 0.293.